The average Bonchev–Trinajstić information content (AvgIpc) is 2.41. The Balaban J connectivity index is 2.47. The van der Waals surface area contributed by atoms with E-state index in [4.69, 9.17) is 0 Å². The maximum absolute atomic E-state index is 12.2. The lowest BCUT2D eigenvalue weighted by atomic mass is 10.3. The molecule has 0 atom stereocenters. The van der Waals surface area contributed by atoms with Crippen molar-refractivity contribution in [1.29, 1.82) is 0 Å². The number of rotatable bonds is 1. The summed E-state index contributed by atoms with van der Waals surface area (Å²) in [6, 6.07) is 13.1. The fourth-order valence-electron chi connectivity index (χ4n) is 1.95. The van der Waals surface area contributed by atoms with Gasteiger partial charge >= 0.3 is 0 Å². The van der Waals surface area contributed by atoms with Crippen LogP contribution in [0.1, 0.15) is 5.69 Å². The average molecular weight is 237 g/mol. The topological polar surface area (TPSA) is 47.8 Å². The smallest absolute Gasteiger partial charge is 0.267 e. The van der Waals surface area contributed by atoms with Gasteiger partial charge in [-0.25, -0.2) is 9.97 Å². The van der Waals surface area contributed by atoms with Crippen LogP contribution in [0.5, 0.6) is 0 Å². The second kappa shape index (κ2) is 4.07. The van der Waals surface area contributed by atoms with E-state index in [2.05, 4.69) is 9.97 Å². The van der Waals surface area contributed by atoms with Crippen molar-refractivity contribution in [3.05, 3.63) is 64.7 Å². The highest BCUT2D eigenvalue weighted by atomic mass is 16.1. The SMILES string of the molecule is Cc1nc2cccnc2n(-c2ccccc2)c1=O. The van der Waals surface area contributed by atoms with E-state index in [1.165, 1.54) is 0 Å². The van der Waals surface area contributed by atoms with Gasteiger partial charge in [0.15, 0.2) is 5.65 Å². The van der Waals surface area contributed by atoms with E-state index in [1.54, 1.807) is 17.7 Å². The molecule has 3 rings (SSSR count). The number of hydrogen-bond acceptors (Lipinski definition) is 3. The van der Waals surface area contributed by atoms with Crippen molar-refractivity contribution in [2.24, 2.45) is 0 Å². The van der Waals surface area contributed by atoms with E-state index >= 15 is 0 Å². The summed E-state index contributed by atoms with van der Waals surface area (Å²) in [4.78, 5) is 20.8. The Morgan fingerprint density at radius 2 is 1.83 bits per heavy atom. The van der Waals surface area contributed by atoms with Gasteiger partial charge in [-0.15, -0.1) is 0 Å². The molecule has 88 valence electrons. The zero-order valence-electron chi connectivity index (χ0n) is 9.87. The Kier molecular flexibility index (Phi) is 2.41. The maximum atomic E-state index is 12.2. The van der Waals surface area contributed by atoms with E-state index < -0.39 is 0 Å². The molecule has 3 aromatic rings. The second-order valence-corrected chi connectivity index (χ2v) is 4.02. The maximum Gasteiger partial charge on any atom is 0.278 e. The van der Waals surface area contributed by atoms with Crippen molar-refractivity contribution >= 4 is 11.2 Å². The molecule has 0 aliphatic carbocycles. The van der Waals surface area contributed by atoms with E-state index in [9.17, 15) is 4.79 Å². The zero-order chi connectivity index (χ0) is 12.5. The summed E-state index contributed by atoms with van der Waals surface area (Å²) < 4.78 is 1.59. The molecule has 2 aromatic heterocycles. The van der Waals surface area contributed by atoms with Crippen molar-refractivity contribution in [2.75, 3.05) is 0 Å². The van der Waals surface area contributed by atoms with Crippen molar-refractivity contribution in [3.63, 3.8) is 0 Å². The van der Waals surface area contributed by atoms with Gasteiger partial charge in [0.1, 0.15) is 11.2 Å². The van der Waals surface area contributed by atoms with Crippen LogP contribution in [0.2, 0.25) is 0 Å². The van der Waals surface area contributed by atoms with Crippen molar-refractivity contribution in [1.82, 2.24) is 14.5 Å². The largest absolute Gasteiger partial charge is 0.278 e. The molecule has 0 fully saturated rings. The Labute approximate surface area is 104 Å². The fourth-order valence-corrected chi connectivity index (χ4v) is 1.95. The summed E-state index contributed by atoms with van der Waals surface area (Å²) >= 11 is 0. The first-order valence-corrected chi connectivity index (χ1v) is 5.67. The predicted molar refractivity (Wildman–Crippen MR) is 69.9 cm³/mol. The summed E-state index contributed by atoms with van der Waals surface area (Å²) in [5.41, 5.74) is 2.45. The van der Waals surface area contributed by atoms with E-state index in [-0.39, 0.29) is 5.56 Å². The fraction of sp³-hybridized carbons (Fsp3) is 0.0714. The molecule has 0 bridgehead atoms. The lowest BCUT2D eigenvalue weighted by Crippen LogP contribution is -2.23. The van der Waals surface area contributed by atoms with Crippen LogP contribution in [0.15, 0.2) is 53.5 Å². The third-order valence-electron chi connectivity index (χ3n) is 2.79. The lowest BCUT2D eigenvalue weighted by Gasteiger charge is -2.09. The molecule has 4 heteroatoms. The van der Waals surface area contributed by atoms with Crippen molar-refractivity contribution in [2.45, 2.75) is 6.92 Å². The minimum atomic E-state index is -0.132. The molecule has 0 saturated carbocycles. The van der Waals surface area contributed by atoms with Crippen LogP contribution < -0.4 is 5.56 Å². The van der Waals surface area contributed by atoms with Crippen LogP contribution in [0.4, 0.5) is 0 Å². The van der Waals surface area contributed by atoms with Crippen LogP contribution in [0, 0.1) is 6.92 Å². The third-order valence-corrected chi connectivity index (χ3v) is 2.79. The molecule has 4 nitrogen and oxygen atoms in total. The first-order valence-electron chi connectivity index (χ1n) is 5.67. The van der Waals surface area contributed by atoms with Crippen molar-refractivity contribution in [3.8, 4) is 5.69 Å². The number of para-hydroxylation sites is 1. The standard InChI is InChI=1S/C14H11N3O/c1-10-14(18)17(11-6-3-2-4-7-11)13-12(16-10)8-5-9-15-13/h2-9H,1H3. The molecule has 0 aliphatic heterocycles. The Morgan fingerprint density at radius 3 is 2.61 bits per heavy atom. The molecular formula is C14H11N3O. The number of aryl methyl sites for hydroxylation is 1. The summed E-state index contributed by atoms with van der Waals surface area (Å²) in [5, 5.41) is 0. The Hall–Kier alpha value is -2.49. The van der Waals surface area contributed by atoms with Gasteiger partial charge in [0.2, 0.25) is 0 Å². The van der Waals surface area contributed by atoms with Gasteiger partial charge in [-0.1, -0.05) is 18.2 Å². The number of aromatic nitrogens is 3. The molecule has 18 heavy (non-hydrogen) atoms. The minimum absolute atomic E-state index is 0.132. The predicted octanol–water partition coefficient (Wildman–Crippen LogP) is 2.09. The van der Waals surface area contributed by atoms with Gasteiger partial charge < -0.3 is 0 Å². The highest BCUT2D eigenvalue weighted by Crippen LogP contribution is 2.12. The molecule has 0 amide bonds. The van der Waals surface area contributed by atoms with Gasteiger partial charge in [-0.05, 0) is 31.2 Å². The molecule has 2 heterocycles. The van der Waals surface area contributed by atoms with E-state index in [0.717, 1.165) is 11.2 Å². The van der Waals surface area contributed by atoms with Gasteiger partial charge in [0.05, 0.1) is 5.69 Å². The number of pyridine rings is 1. The zero-order valence-corrected chi connectivity index (χ0v) is 9.87. The summed E-state index contributed by atoms with van der Waals surface area (Å²) in [7, 11) is 0. The number of hydrogen-bond donors (Lipinski definition) is 0. The molecule has 0 unspecified atom stereocenters. The molecular weight excluding hydrogens is 226 g/mol. The Bertz CT molecular complexity index is 763. The van der Waals surface area contributed by atoms with E-state index in [1.807, 2.05) is 42.5 Å². The first kappa shape index (κ1) is 10.7. The lowest BCUT2D eigenvalue weighted by molar-refractivity contribution is 0.959. The molecule has 0 N–H and O–H groups in total. The van der Waals surface area contributed by atoms with Gasteiger partial charge in [-0.2, -0.15) is 0 Å². The molecule has 1 aromatic carbocycles. The monoisotopic (exact) mass is 237 g/mol. The summed E-state index contributed by atoms with van der Waals surface area (Å²) in [6.07, 6.45) is 1.66. The molecule has 0 spiro atoms. The Morgan fingerprint density at radius 1 is 1.06 bits per heavy atom. The van der Waals surface area contributed by atoms with Crippen LogP contribution in [0.25, 0.3) is 16.9 Å². The second-order valence-electron chi connectivity index (χ2n) is 4.02. The minimum Gasteiger partial charge on any atom is -0.267 e. The number of benzene rings is 1. The highest BCUT2D eigenvalue weighted by Gasteiger charge is 2.09. The highest BCUT2D eigenvalue weighted by molar-refractivity contribution is 5.72. The number of fused-ring (bicyclic) bond motifs is 1. The quantitative estimate of drug-likeness (QED) is 0.651. The van der Waals surface area contributed by atoms with Crippen LogP contribution in [0.3, 0.4) is 0 Å². The van der Waals surface area contributed by atoms with Crippen LogP contribution >= 0.6 is 0 Å². The van der Waals surface area contributed by atoms with Crippen LogP contribution in [-0.2, 0) is 0 Å². The van der Waals surface area contributed by atoms with Gasteiger partial charge in [0, 0.05) is 6.20 Å². The van der Waals surface area contributed by atoms with Gasteiger partial charge in [0.25, 0.3) is 5.56 Å². The molecule has 0 saturated heterocycles. The third kappa shape index (κ3) is 1.59. The van der Waals surface area contributed by atoms with E-state index in [0.29, 0.717) is 11.3 Å². The van der Waals surface area contributed by atoms with Gasteiger partial charge in [-0.3, -0.25) is 9.36 Å². The summed E-state index contributed by atoms with van der Waals surface area (Å²) in [6.45, 7) is 1.72. The first-order chi connectivity index (χ1) is 8.77. The summed E-state index contributed by atoms with van der Waals surface area (Å²) in [5.74, 6) is 0. The van der Waals surface area contributed by atoms with Crippen molar-refractivity contribution < 1.29 is 0 Å². The number of nitrogens with zero attached hydrogens (tertiary/aromatic N) is 3. The molecule has 0 aliphatic rings. The molecule has 0 radical (unpaired) electrons. The normalized spacial score (nSPS) is 10.7. The van der Waals surface area contributed by atoms with Crippen LogP contribution in [-0.4, -0.2) is 14.5 Å².